The second-order valence-corrected chi connectivity index (χ2v) is 7.52. The average Bonchev–Trinajstić information content (AvgIpc) is 2.69. The highest BCUT2D eigenvalue weighted by Gasteiger charge is 2.52. The second-order valence-electron chi connectivity index (χ2n) is 6.60. The topological polar surface area (TPSA) is 89.6 Å². The number of halogens is 7. The Morgan fingerprint density at radius 2 is 2.03 bits per heavy atom. The number of aromatic nitrogens is 1. The van der Waals surface area contributed by atoms with Crippen molar-refractivity contribution in [2.24, 2.45) is 10.7 Å². The number of nitrogens with two attached hydrogens (primary N) is 1. The molecule has 166 valence electrons. The summed E-state index contributed by atoms with van der Waals surface area (Å²) in [5, 5.41) is 2.24. The van der Waals surface area contributed by atoms with Crippen LogP contribution in [0.3, 0.4) is 0 Å². The molecule has 0 aliphatic carbocycles. The Morgan fingerprint density at radius 3 is 2.61 bits per heavy atom. The number of carbonyl (C=O) groups excluding carboxylic acids is 1. The summed E-state index contributed by atoms with van der Waals surface area (Å²) in [6.07, 6.45) is -7.42. The molecule has 3 rings (SSSR count). The predicted octanol–water partition coefficient (Wildman–Crippen LogP) is 4.21. The summed E-state index contributed by atoms with van der Waals surface area (Å²) >= 11 is 3.14. The van der Waals surface area contributed by atoms with E-state index in [0.29, 0.717) is 10.5 Å². The van der Waals surface area contributed by atoms with Crippen LogP contribution in [0.4, 0.5) is 32.0 Å². The van der Waals surface area contributed by atoms with Crippen molar-refractivity contribution >= 4 is 33.5 Å². The fourth-order valence-electron chi connectivity index (χ4n) is 2.99. The van der Waals surface area contributed by atoms with Crippen molar-refractivity contribution in [1.82, 2.24) is 4.98 Å². The third-order valence-corrected chi connectivity index (χ3v) is 4.91. The van der Waals surface area contributed by atoms with Gasteiger partial charge in [0.15, 0.2) is 17.7 Å². The largest absolute Gasteiger partial charge is 0.452 e. The lowest BCUT2D eigenvalue weighted by Crippen LogP contribution is -2.48. The van der Waals surface area contributed by atoms with E-state index in [4.69, 9.17) is 5.73 Å². The molecule has 6 nitrogen and oxygen atoms in total. The van der Waals surface area contributed by atoms with Gasteiger partial charge < -0.3 is 15.8 Å². The predicted molar refractivity (Wildman–Crippen MR) is 101 cm³/mol. The van der Waals surface area contributed by atoms with Gasteiger partial charge in [-0.1, -0.05) is 0 Å². The first-order chi connectivity index (χ1) is 14.4. The minimum absolute atomic E-state index is 0.0832. The molecule has 31 heavy (non-hydrogen) atoms. The lowest BCUT2D eigenvalue weighted by molar-refractivity contribution is -0.209. The highest BCUT2D eigenvalue weighted by atomic mass is 79.9. The third kappa shape index (κ3) is 4.75. The van der Waals surface area contributed by atoms with E-state index in [1.807, 2.05) is 0 Å². The summed E-state index contributed by atoms with van der Waals surface area (Å²) < 4.78 is 87.2. The number of amidine groups is 1. The van der Waals surface area contributed by atoms with Gasteiger partial charge in [-0.05, 0) is 34.1 Å². The summed E-state index contributed by atoms with van der Waals surface area (Å²) in [6.45, 7) is -1.63. The van der Waals surface area contributed by atoms with Crippen LogP contribution in [-0.4, -0.2) is 35.9 Å². The van der Waals surface area contributed by atoms with Crippen molar-refractivity contribution < 1.29 is 35.9 Å². The van der Waals surface area contributed by atoms with E-state index in [2.05, 4.69) is 36.0 Å². The molecule has 3 N–H and O–H groups in total. The second kappa shape index (κ2) is 8.36. The Morgan fingerprint density at radius 1 is 1.32 bits per heavy atom. The molecule has 0 saturated carbocycles. The van der Waals surface area contributed by atoms with Gasteiger partial charge in [0.2, 0.25) is 0 Å². The molecule has 0 radical (unpaired) electrons. The number of anilines is 1. The Hall–Kier alpha value is -2.83. The van der Waals surface area contributed by atoms with Gasteiger partial charge in [0.05, 0.1) is 0 Å². The van der Waals surface area contributed by atoms with Crippen molar-refractivity contribution in [1.29, 1.82) is 0 Å². The number of nitrogens with one attached hydrogen (secondary N) is 1. The van der Waals surface area contributed by atoms with Crippen LogP contribution < -0.4 is 11.1 Å². The van der Waals surface area contributed by atoms with Gasteiger partial charge in [0.25, 0.3) is 11.9 Å². The molecular formula is C18H13BrF6N4O2. The Bertz CT molecular complexity index is 1030. The van der Waals surface area contributed by atoms with Crippen LogP contribution in [0.2, 0.25) is 0 Å². The first-order valence-electron chi connectivity index (χ1n) is 8.52. The number of hydrogen-bond donors (Lipinski definition) is 2. The molecule has 1 aromatic heterocycles. The minimum Gasteiger partial charge on any atom is -0.452 e. The first-order valence-corrected chi connectivity index (χ1v) is 9.31. The van der Waals surface area contributed by atoms with Crippen molar-refractivity contribution in [2.45, 2.75) is 24.2 Å². The molecule has 1 aliphatic heterocycles. The summed E-state index contributed by atoms with van der Waals surface area (Å²) in [6, 6.07) is 3.20. The Kier molecular flexibility index (Phi) is 6.16. The van der Waals surface area contributed by atoms with E-state index in [1.165, 1.54) is 18.3 Å². The summed E-state index contributed by atoms with van der Waals surface area (Å²) in [5.74, 6) is -3.98. The fraction of sp³-hybridized carbons (Fsp3) is 0.278. The number of alkyl halides is 4. The SMILES string of the molecule is NC1=NC(CF)(c2cc(NC(=O)c3ccc(Br)cn3)cc(F)c2F)CC(C(F)(F)F)O1. The molecule has 1 aromatic carbocycles. The number of amides is 1. The normalized spacial score (nSPS) is 21.3. The number of ether oxygens (including phenoxy) is 1. The molecule has 2 atom stereocenters. The maximum Gasteiger partial charge on any atom is 0.425 e. The maximum atomic E-state index is 14.5. The van der Waals surface area contributed by atoms with Crippen molar-refractivity contribution in [3.8, 4) is 0 Å². The monoisotopic (exact) mass is 510 g/mol. The number of hydrogen-bond acceptors (Lipinski definition) is 5. The molecule has 0 saturated heterocycles. The number of carbonyl (C=O) groups is 1. The number of nitrogens with zero attached hydrogens (tertiary/aromatic N) is 2. The zero-order valence-electron chi connectivity index (χ0n) is 15.3. The highest BCUT2D eigenvalue weighted by Crippen LogP contribution is 2.42. The van der Waals surface area contributed by atoms with E-state index >= 15 is 0 Å². The lowest BCUT2D eigenvalue weighted by Gasteiger charge is -2.36. The Balaban J connectivity index is 2.02. The summed E-state index contributed by atoms with van der Waals surface area (Å²) in [4.78, 5) is 19.7. The van der Waals surface area contributed by atoms with Crippen LogP contribution in [0.15, 0.2) is 39.9 Å². The molecule has 2 heterocycles. The van der Waals surface area contributed by atoms with Crippen molar-refractivity contribution in [3.05, 3.63) is 57.8 Å². The zero-order chi connectivity index (χ0) is 23.0. The van der Waals surface area contributed by atoms with Gasteiger partial charge in [0, 0.05) is 34.4 Å². The molecule has 1 aliphatic rings. The van der Waals surface area contributed by atoms with Crippen molar-refractivity contribution in [2.75, 3.05) is 12.0 Å². The summed E-state index contributed by atoms with van der Waals surface area (Å²) in [7, 11) is 0. The van der Waals surface area contributed by atoms with Crippen LogP contribution in [0.5, 0.6) is 0 Å². The van der Waals surface area contributed by atoms with E-state index in [-0.39, 0.29) is 11.4 Å². The molecule has 0 fully saturated rings. The standard InChI is InChI=1S/C18H13BrF6N4O2/c19-8-1-2-12(27-6-8)15(30)28-9-3-10(14(22)11(21)4-9)17(7-20)5-13(18(23,24)25)31-16(26)29-17/h1-4,6,13H,5,7H2,(H2,26,29)(H,28,30). The quantitative estimate of drug-likeness (QED) is 0.603. The van der Waals surface area contributed by atoms with Gasteiger partial charge in [0.1, 0.15) is 17.9 Å². The number of pyridine rings is 1. The van der Waals surface area contributed by atoms with Crippen LogP contribution in [0.1, 0.15) is 22.5 Å². The smallest absolute Gasteiger partial charge is 0.425 e. The zero-order valence-corrected chi connectivity index (χ0v) is 16.9. The first kappa shape index (κ1) is 22.8. The van der Waals surface area contributed by atoms with E-state index < -0.39 is 60.0 Å². The third-order valence-electron chi connectivity index (χ3n) is 4.44. The van der Waals surface area contributed by atoms with Gasteiger partial charge in [-0.25, -0.2) is 23.1 Å². The fourth-order valence-corrected chi connectivity index (χ4v) is 3.23. The molecule has 0 bridgehead atoms. The van der Waals surface area contributed by atoms with Gasteiger partial charge >= 0.3 is 6.18 Å². The van der Waals surface area contributed by atoms with Crippen LogP contribution in [0.25, 0.3) is 0 Å². The summed E-state index contributed by atoms with van der Waals surface area (Å²) in [5.41, 5.74) is 1.48. The molecule has 2 aromatic rings. The van der Waals surface area contributed by atoms with Gasteiger partial charge in [-0.2, -0.15) is 13.2 Å². The Labute approximate surface area is 179 Å². The maximum absolute atomic E-state index is 14.5. The lowest BCUT2D eigenvalue weighted by atomic mass is 9.84. The van der Waals surface area contributed by atoms with Crippen LogP contribution in [0, 0.1) is 11.6 Å². The number of rotatable bonds is 4. The molecule has 2 unspecified atom stereocenters. The molecule has 13 heteroatoms. The molecule has 0 spiro atoms. The number of benzene rings is 1. The van der Waals surface area contributed by atoms with Crippen LogP contribution in [-0.2, 0) is 10.3 Å². The van der Waals surface area contributed by atoms with E-state index in [0.717, 1.165) is 6.07 Å². The highest BCUT2D eigenvalue weighted by molar-refractivity contribution is 9.10. The van der Waals surface area contributed by atoms with Crippen LogP contribution >= 0.6 is 15.9 Å². The van der Waals surface area contributed by atoms with Gasteiger partial charge in [-0.3, -0.25) is 4.79 Å². The van der Waals surface area contributed by atoms with Gasteiger partial charge in [-0.15, -0.1) is 0 Å². The molecule has 1 amide bonds. The molecular weight excluding hydrogens is 498 g/mol. The van der Waals surface area contributed by atoms with Crippen molar-refractivity contribution in [3.63, 3.8) is 0 Å². The average molecular weight is 511 g/mol. The minimum atomic E-state index is -4.96. The van der Waals surface area contributed by atoms with E-state index in [9.17, 15) is 31.1 Å². The van der Waals surface area contributed by atoms with E-state index in [1.54, 1.807) is 0 Å². The number of aliphatic imine (C=N–C) groups is 1.